The molecule has 0 radical (unpaired) electrons. The van der Waals surface area contributed by atoms with Gasteiger partial charge >= 0.3 is 0 Å². The van der Waals surface area contributed by atoms with Crippen LogP contribution in [0.1, 0.15) is 68.1 Å². The van der Waals surface area contributed by atoms with Gasteiger partial charge in [0.15, 0.2) is 0 Å². The summed E-state index contributed by atoms with van der Waals surface area (Å²) in [6.07, 6.45) is 6.21. The van der Waals surface area contributed by atoms with Crippen LogP contribution in [0.5, 0.6) is 11.5 Å². The molecular formula is C27H34O4. The molecule has 0 spiro atoms. The Labute approximate surface area is 185 Å². The van der Waals surface area contributed by atoms with E-state index >= 15 is 0 Å². The van der Waals surface area contributed by atoms with Gasteiger partial charge in [0.25, 0.3) is 0 Å². The molecule has 4 nitrogen and oxygen atoms in total. The van der Waals surface area contributed by atoms with Crippen molar-refractivity contribution in [2.24, 2.45) is 0 Å². The highest BCUT2D eigenvalue weighted by Crippen LogP contribution is 2.41. The van der Waals surface area contributed by atoms with Crippen LogP contribution in [0.15, 0.2) is 42.5 Å². The maximum Gasteiger partial charge on any atom is 0.122 e. The van der Waals surface area contributed by atoms with Crippen molar-refractivity contribution in [1.82, 2.24) is 0 Å². The lowest BCUT2D eigenvalue weighted by atomic mass is 9.76. The van der Waals surface area contributed by atoms with Gasteiger partial charge in [-0.3, -0.25) is 0 Å². The van der Waals surface area contributed by atoms with E-state index < -0.39 is 0 Å². The maximum absolute atomic E-state index is 5.95. The van der Waals surface area contributed by atoms with Crippen LogP contribution < -0.4 is 9.47 Å². The lowest BCUT2D eigenvalue weighted by Gasteiger charge is -2.29. The van der Waals surface area contributed by atoms with Crippen molar-refractivity contribution < 1.29 is 18.9 Å². The minimum atomic E-state index is 0.269. The minimum Gasteiger partial charge on any atom is -0.491 e. The van der Waals surface area contributed by atoms with E-state index in [1.165, 1.54) is 42.4 Å². The van der Waals surface area contributed by atoms with E-state index in [1.807, 2.05) is 0 Å². The van der Waals surface area contributed by atoms with E-state index in [1.54, 1.807) is 0 Å². The van der Waals surface area contributed by atoms with Gasteiger partial charge < -0.3 is 18.9 Å². The number of rotatable bonds is 8. The van der Waals surface area contributed by atoms with E-state index in [0.29, 0.717) is 37.3 Å². The van der Waals surface area contributed by atoms with Crippen LogP contribution in [-0.2, 0) is 9.47 Å². The molecule has 3 fully saturated rings. The van der Waals surface area contributed by atoms with Gasteiger partial charge in [-0.05, 0) is 93.2 Å². The Bertz CT molecular complexity index is 885. The Kier molecular flexibility index (Phi) is 5.94. The highest BCUT2D eigenvalue weighted by Gasteiger charge is 2.35. The molecule has 0 aromatic heterocycles. The first-order valence-electron chi connectivity index (χ1n) is 11.8. The smallest absolute Gasteiger partial charge is 0.122 e. The average molecular weight is 423 g/mol. The number of epoxide rings is 2. The van der Waals surface area contributed by atoms with Gasteiger partial charge in [-0.2, -0.15) is 0 Å². The molecule has 0 amide bonds. The highest BCUT2D eigenvalue weighted by molar-refractivity contribution is 5.38. The van der Waals surface area contributed by atoms with Gasteiger partial charge in [-0.15, -0.1) is 0 Å². The molecule has 0 N–H and O–H groups in total. The summed E-state index contributed by atoms with van der Waals surface area (Å²) < 4.78 is 22.6. The third-order valence-electron chi connectivity index (χ3n) is 7.24. The van der Waals surface area contributed by atoms with Crippen LogP contribution >= 0.6 is 0 Å². The summed E-state index contributed by atoms with van der Waals surface area (Å²) in [5, 5.41) is 0. The van der Waals surface area contributed by atoms with Crippen LogP contribution in [0.3, 0.4) is 0 Å². The summed E-state index contributed by atoms with van der Waals surface area (Å²) in [6.45, 7) is 7.64. The molecule has 4 atom stereocenters. The molecule has 1 saturated carbocycles. The van der Waals surface area contributed by atoms with Crippen LogP contribution in [0.2, 0.25) is 0 Å². The van der Waals surface area contributed by atoms with E-state index in [2.05, 4.69) is 63.2 Å². The largest absolute Gasteiger partial charge is 0.491 e. The number of hydrogen-bond acceptors (Lipinski definition) is 4. The predicted octanol–water partition coefficient (Wildman–Crippen LogP) is 5.77. The predicted molar refractivity (Wildman–Crippen MR) is 121 cm³/mol. The summed E-state index contributed by atoms with van der Waals surface area (Å²) in [5.74, 6) is 3.24. The average Bonchev–Trinajstić information content (AvgIpc) is 3.70. The van der Waals surface area contributed by atoms with Crippen LogP contribution in [0, 0.1) is 6.92 Å². The van der Waals surface area contributed by atoms with Crippen molar-refractivity contribution in [1.29, 1.82) is 0 Å². The fourth-order valence-corrected chi connectivity index (χ4v) is 4.85. The zero-order valence-corrected chi connectivity index (χ0v) is 18.9. The fourth-order valence-electron chi connectivity index (χ4n) is 4.85. The minimum absolute atomic E-state index is 0.269. The number of aryl methyl sites for hydroxylation is 1. The highest BCUT2D eigenvalue weighted by atomic mass is 16.6. The molecule has 31 heavy (non-hydrogen) atoms. The third kappa shape index (κ3) is 5.07. The molecule has 166 valence electrons. The first-order valence-corrected chi connectivity index (χ1v) is 11.8. The SMILES string of the molecule is Cc1cc(C2CCC(c3ccc(OCC4OC4C)cc3)CC2)ccc1OCC1OC1C. The Morgan fingerprint density at radius 1 is 0.742 bits per heavy atom. The topological polar surface area (TPSA) is 43.5 Å². The molecule has 1 aliphatic carbocycles. The van der Waals surface area contributed by atoms with Gasteiger partial charge in [0.1, 0.15) is 36.9 Å². The van der Waals surface area contributed by atoms with Crippen LogP contribution in [-0.4, -0.2) is 37.6 Å². The molecule has 4 heteroatoms. The van der Waals surface area contributed by atoms with Crippen LogP contribution in [0.4, 0.5) is 0 Å². The Hall–Kier alpha value is -2.04. The summed E-state index contributed by atoms with van der Waals surface area (Å²) >= 11 is 0. The molecule has 2 saturated heterocycles. The number of ether oxygens (including phenoxy) is 4. The molecule has 2 aliphatic heterocycles. The molecule has 2 aromatic rings. The third-order valence-corrected chi connectivity index (χ3v) is 7.24. The fraction of sp³-hybridized carbons (Fsp3) is 0.556. The van der Waals surface area contributed by atoms with Gasteiger partial charge in [-0.25, -0.2) is 0 Å². The lowest BCUT2D eigenvalue weighted by Crippen LogP contribution is -2.13. The lowest BCUT2D eigenvalue weighted by molar-refractivity contribution is 0.259. The molecule has 4 unspecified atom stereocenters. The second kappa shape index (κ2) is 8.84. The van der Waals surface area contributed by atoms with E-state index in [9.17, 15) is 0 Å². The van der Waals surface area contributed by atoms with Crippen LogP contribution in [0.25, 0.3) is 0 Å². The van der Waals surface area contributed by atoms with Crippen molar-refractivity contribution >= 4 is 0 Å². The van der Waals surface area contributed by atoms with Gasteiger partial charge in [-0.1, -0.05) is 24.3 Å². The zero-order chi connectivity index (χ0) is 21.4. The van der Waals surface area contributed by atoms with Gasteiger partial charge in [0.05, 0.1) is 12.2 Å². The van der Waals surface area contributed by atoms with Gasteiger partial charge in [0, 0.05) is 0 Å². The number of hydrogen-bond donors (Lipinski definition) is 0. The quantitative estimate of drug-likeness (QED) is 0.507. The normalized spacial score (nSPS) is 31.8. The molecule has 3 aliphatic rings. The first-order chi connectivity index (χ1) is 15.1. The molecule has 2 heterocycles. The molecular weight excluding hydrogens is 388 g/mol. The summed E-state index contributed by atoms with van der Waals surface area (Å²) in [6, 6.07) is 15.5. The summed E-state index contributed by atoms with van der Waals surface area (Å²) in [7, 11) is 0. The zero-order valence-electron chi connectivity index (χ0n) is 18.9. The summed E-state index contributed by atoms with van der Waals surface area (Å²) in [5.41, 5.74) is 4.13. The standard InChI is InChI=1S/C27H34O4/c1-17-14-23(10-13-25(17)29-16-27-19(3)31-27)22-6-4-20(5-7-22)21-8-11-24(12-9-21)28-15-26-18(2)30-26/h8-14,18-20,22,26-27H,4-7,15-16H2,1-3H3. The first kappa shape index (κ1) is 20.8. The van der Waals surface area contributed by atoms with Crippen molar-refractivity contribution in [2.75, 3.05) is 13.2 Å². The van der Waals surface area contributed by atoms with Crippen molar-refractivity contribution in [2.45, 2.75) is 82.7 Å². The van der Waals surface area contributed by atoms with Crippen molar-refractivity contribution in [3.63, 3.8) is 0 Å². The van der Waals surface area contributed by atoms with E-state index in [0.717, 1.165) is 11.5 Å². The second-order valence-corrected chi connectivity index (χ2v) is 9.52. The summed E-state index contributed by atoms with van der Waals surface area (Å²) in [4.78, 5) is 0. The van der Waals surface area contributed by atoms with Gasteiger partial charge in [0.2, 0.25) is 0 Å². The Morgan fingerprint density at radius 2 is 1.26 bits per heavy atom. The van der Waals surface area contributed by atoms with Crippen molar-refractivity contribution in [3.05, 3.63) is 59.2 Å². The molecule has 5 rings (SSSR count). The second-order valence-electron chi connectivity index (χ2n) is 9.52. The Morgan fingerprint density at radius 3 is 1.81 bits per heavy atom. The maximum atomic E-state index is 5.95. The number of benzene rings is 2. The monoisotopic (exact) mass is 422 g/mol. The van der Waals surface area contributed by atoms with E-state index in [4.69, 9.17) is 18.9 Å². The Balaban J connectivity index is 1.11. The van der Waals surface area contributed by atoms with E-state index in [-0.39, 0.29) is 12.2 Å². The van der Waals surface area contributed by atoms with Crippen molar-refractivity contribution in [3.8, 4) is 11.5 Å². The molecule has 0 bridgehead atoms. The molecule has 2 aromatic carbocycles.